The van der Waals surface area contributed by atoms with E-state index in [2.05, 4.69) is 23.9 Å². The molecule has 1 heterocycles. The van der Waals surface area contributed by atoms with Crippen LogP contribution in [0.25, 0.3) is 0 Å². The Morgan fingerprint density at radius 3 is 2.80 bits per heavy atom. The number of nitrogens with zero attached hydrogens (tertiary/aromatic N) is 3. The number of aromatic nitrogens is 3. The fourth-order valence-corrected chi connectivity index (χ4v) is 0.875. The van der Waals surface area contributed by atoms with E-state index in [9.17, 15) is 0 Å². The van der Waals surface area contributed by atoms with Crippen molar-refractivity contribution >= 4 is 11.6 Å². The summed E-state index contributed by atoms with van der Waals surface area (Å²) < 4.78 is 1.69. The first-order chi connectivity index (χ1) is 4.70. The lowest BCUT2D eigenvalue weighted by atomic mass is 10.2. The van der Waals surface area contributed by atoms with Gasteiger partial charge < -0.3 is 0 Å². The van der Waals surface area contributed by atoms with Gasteiger partial charge in [0.2, 0.25) is 5.28 Å². The van der Waals surface area contributed by atoms with Crippen LogP contribution in [0.15, 0.2) is 6.33 Å². The summed E-state index contributed by atoms with van der Waals surface area (Å²) in [6.45, 7) is 5.05. The van der Waals surface area contributed by atoms with Gasteiger partial charge in [-0.2, -0.15) is 5.10 Å². The Labute approximate surface area is 65.0 Å². The number of hydrogen-bond acceptors (Lipinski definition) is 2. The highest BCUT2D eigenvalue weighted by Crippen LogP contribution is 2.04. The van der Waals surface area contributed by atoms with Gasteiger partial charge in [-0.15, -0.1) is 0 Å². The van der Waals surface area contributed by atoms with E-state index in [1.165, 1.54) is 6.33 Å². The monoisotopic (exact) mass is 159 g/mol. The molecule has 0 saturated carbocycles. The summed E-state index contributed by atoms with van der Waals surface area (Å²) in [5, 5.41) is 4.40. The lowest BCUT2D eigenvalue weighted by Gasteiger charge is -2.03. The molecule has 10 heavy (non-hydrogen) atoms. The van der Waals surface area contributed by atoms with E-state index in [1.54, 1.807) is 4.68 Å². The molecule has 4 heteroatoms. The topological polar surface area (TPSA) is 30.7 Å². The first-order valence-corrected chi connectivity index (χ1v) is 3.61. The van der Waals surface area contributed by atoms with Gasteiger partial charge in [-0.25, -0.2) is 9.67 Å². The minimum Gasteiger partial charge on any atom is -0.236 e. The van der Waals surface area contributed by atoms with Gasteiger partial charge in [0.05, 0.1) is 0 Å². The Balaban J connectivity index is 2.65. The summed E-state index contributed by atoms with van der Waals surface area (Å²) in [6.07, 6.45) is 1.46. The quantitative estimate of drug-likeness (QED) is 0.656. The molecule has 1 aromatic rings. The van der Waals surface area contributed by atoms with Crippen molar-refractivity contribution in [3.8, 4) is 0 Å². The van der Waals surface area contributed by atoms with Crippen LogP contribution in [-0.2, 0) is 6.54 Å². The fraction of sp³-hybridized carbons (Fsp3) is 0.667. The Morgan fingerprint density at radius 1 is 1.70 bits per heavy atom. The van der Waals surface area contributed by atoms with Gasteiger partial charge in [0.1, 0.15) is 6.33 Å². The summed E-state index contributed by atoms with van der Waals surface area (Å²) in [7, 11) is 0. The van der Waals surface area contributed by atoms with Crippen LogP contribution < -0.4 is 0 Å². The zero-order chi connectivity index (χ0) is 7.56. The molecule has 0 aromatic carbocycles. The highest BCUT2D eigenvalue weighted by atomic mass is 35.5. The van der Waals surface area contributed by atoms with Gasteiger partial charge in [-0.1, -0.05) is 13.8 Å². The van der Waals surface area contributed by atoms with Crippen LogP contribution in [0.3, 0.4) is 0 Å². The van der Waals surface area contributed by atoms with Crippen molar-refractivity contribution in [1.82, 2.24) is 14.8 Å². The molecule has 0 spiro atoms. The molecule has 0 aliphatic carbocycles. The van der Waals surface area contributed by atoms with Crippen LogP contribution in [-0.4, -0.2) is 14.8 Å². The Bertz CT molecular complexity index is 207. The van der Waals surface area contributed by atoms with Crippen molar-refractivity contribution in [3.63, 3.8) is 0 Å². The highest BCUT2D eigenvalue weighted by molar-refractivity contribution is 6.28. The van der Waals surface area contributed by atoms with Crippen molar-refractivity contribution in [2.24, 2.45) is 5.92 Å². The molecule has 0 fully saturated rings. The van der Waals surface area contributed by atoms with E-state index >= 15 is 0 Å². The molecule has 0 aliphatic rings. The lowest BCUT2D eigenvalue weighted by molar-refractivity contribution is 0.483. The van der Waals surface area contributed by atoms with Crippen LogP contribution >= 0.6 is 11.6 Å². The van der Waals surface area contributed by atoms with Gasteiger partial charge in [0, 0.05) is 6.54 Å². The molecular weight excluding hydrogens is 150 g/mol. The Kier molecular flexibility index (Phi) is 2.27. The smallest absolute Gasteiger partial charge is 0.220 e. The average Bonchev–Trinajstić information content (AvgIpc) is 2.15. The maximum atomic E-state index is 5.67. The Hall–Kier alpha value is -0.570. The third-order valence-electron chi connectivity index (χ3n) is 1.11. The third-order valence-corrected chi connectivity index (χ3v) is 1.40. The van der Waals surface area contributed by atoms with Crippen molar-refractivity contribution in [1.29, 1.82) is 0 Å². The number of hydrogen-bond donors (Lipinski definition) is 0. The molecule has 0 amide bonds. The summed E-state index contributed by atoms with van der Waals surface area (Å²) in [5.74, 6) is 0.555. The molecule has 0 aliphatic heterocycles. The maximum Gasteiger partial charge on any atom is 0.220 e. The molecular formula is C6H10ClN3. The molecule has 3 nitrogen and oxygen atoms in total. The predicted molar refractivity (Wildman–Crippen MR) is 39.9 cm³/mol. The molecule has 1 rings (SSSR count). The second kappa shape index (κ2) is 3.01. The third kappa shape index (κ3) is 1.70. The van der Waals surface area contributed by atoms with E-state index < -0.39 is 0 Å². The zero-order valence-corrected chi connectivity index (χ0v) is 6.84. The zero-order valence-electron chi connectivity index (χ0n) is 6.08. The maximum absolute atomic E-state index is 5.67. The first kappa shape index (κ1) is 7.54. The molecule has 0 atom stereocenters. The van der Waals surface area contributed by atoms with Crippen LogP contribution in [0, 0.1) is 5.92 Å². The SMILES string of the molecule is CC(C)Cn1ncnc1Cl. The average molecular weight is 160 g/mol. The van der Waals surface area contributed by atoms with Crippen molar-refractivity contribution in [3.05, 3.63) is 11.6 Å². The second-order valence-electron chi connectivity index (χ2n) is 2.61. The van der Waals surface area contributed by atoms with E-state index in [4.69, 9.17) is 11.6 Å². The minimum absolute atomic E-state index is 0.466. The van der Waals surface area contributed by atoms with Crippen LogP contribution in [0.1, 0.15) is 13.8 Å². The second-order valence-corrected chi connectivity index (χ2v) is 2.94. The normalized spacial score (nSPS) is 10.8. The standard InChI is InChI=1S/C6H10ClN3/c1-5(2)3-10-6(7)8-4-9-10/h4-5H,3H2,1-2H3. The van der Waals surface area contributed by atoms with E-state index in [1.807, 2.05) is 0 Å². The molecule has 0 saturated heterocycles. The number of halogens is 1. The van der Waals surface area contributed by atoms with Crippen LogP contribution in [0.5, 0.6) is 0 Å². The van der Waals surface area contributed by atoms with Crippen LogP contribution in [0.4, 0.5) is 0 Å². The van der Waals surface area contributed by atoms with E-state index in [0.717, 1.165) is 6.54 Å². The van der Waals surface area contributed by atoms with Crippen LogP contribution in [0.2, 0.25) is 5.28 Å². The molecule has 1 aromatic heterocycles. The van der Waals surface area contributed by atoms with Gasteiger partial charge in [-0.3, -0.25) is 0 Å². The van der Waals surface area contributed by atoms with Crippen molar-refractivity contribution in [2.45, 2.75) is 20.4 Å². The van der Waals surface area contributed by atoms with Crippen molar-refractivity contribution < 1.29 is 0 Å². The number of rotatable bonds is 2. The minimum atomic E-state index is 0.466. The van der Waals surface area contributed by atoms with Crippen molar-refractivity contribution in [2.75, 3.05) is 0 Å². The summed E-state index contributed by atoms with van der Waals surface area (Å²) in [4.78, 5) is 3.79. The van der Waals surface area contributed by atoms with Gasteiger partial charge in [-0.05, 0) is 17.5 Å². The predicted octanol–water partition coefficient (Wildman–Crippen LogP) is 1.59. The fourth-order valence-electron chi connectivity index (χ4n) is 0.718. The molecule has 0 radical (unpaired) electrons. The Morgan fingerprint density at radius 2 is 2.40 bits per heavy atom. The summed E-state index contributed by atoms with van der Waals surface area (Å²) >= 11 is 5.67. The summed E-state index contributed by atoms with van der Waals surface area (Å²) in [6, 6.07) is 0. The molecule has 0 N–H and O–H groups in total. The van der Waals surface area contributed by atoms with Gasteiger partial charge >= 0.3 is 0 Å². The van der Waals surface area contributed by atoms with Gasteiger partial charge in [0.15, 0.2) is 0 Å². The molecule has 0 bridgehead atoms. The highest BCUT2D eigenvalue weighted by Gasteiger charge is 2.01. The first-order valence-electron chi connectivity index (χ1n) is 3.23. The summed E-state index contributed by atoms with van der Waals surface area (Å²) in [5.41, 5.74) is 0. The molecule has 56 valence electrons. The van der Waals surface area contributed by atoms with E-state index in [0.29, 0.717) is 11.2 Å². The lowest BCUT2D eigenvalue weighted by Crippen LogP contribution is -2.05. The molecule has 0 unspecified atom stereocenters. The van der Waals surface area contributed by atoms with Gasteiger partial charge in [0.25, 0.3) is 0 Å². The largest absolute Gasteiger partial charge is 0.236 e. The van der Waals surface area contributed by atoms with E-state index in [-0.39, 0.29) is 0 Å².